The second-order valence-electron chi connectivity index (χ2n) is 5.29. The minimum atomic E-state index is -3.70. The van der Waals surface area contributed by atoms with Crippen molar-refractivity contribution in [3.05, 3.63) is 58.6 Å². The predicted octanol–water partition coefficient (Wildman–Crippen LogP) is 3.22. The van der Waals surface area contributed by atoms with E-state index in [0.717, 1.165) is 0 Å². The van der Waals surface area contributed by atoms with Gasteiger partial charge in [-0.3, -0.25) is 9.10 Å². The van der Waals surface area contributed by atoms with Crippen LogP contribution in [0.4, 0.5) is 5.69 Å². The van der Waals surface area contributed by atoms with Crippen LogP contribution in [0.15, 0.2) is 47.4 Å². The SMILES string of the molecule is CCNC(=O)c1ccc(N(C)S(=O)(=O)c2ccc(Cl)cc2)c(C)c1. The number of nitrogens with one attached hydrogen (secondary N) is 1. The molecule has 0 atom stereocenters. The first-order valence-electron chi connectivity index (χ1n) is 7.40. The molecule has 0 aromatic heterocycles. The van der Waals surface area contributed by atoms with Crippen LogP contribution in [0.3, 0.4) is 0 Å². The molecule has 7 heteroatoms. The summed E-state index contributed by atoms with van der Waals surface area (Å²) in [6, 6.07) is 10.9. The lowest BCUT2D eigenvalue weighted by atomic mass is 10.1. The van der Waals surface area contributed by atoms with Gasteiger partial charge in [-0.2, -0.15) is 0 Å². The zero-order valence-electron chi connectivity index (χ0n) is 13.7. The average Bonchev–Trinajstić information content (AvgIpc) is 2.54. The monoisotopic (exact) mass is 366 g/mol. The number of sulfonamides is 1. The molecule has 0 unspecified atom stereocenters. The molecule has 0 spiro atoms. The highest BCUT2D eigenvalue weighted by Gasteiger charge is 2.22. The number of hydrogen-bond acceptors (Lipinski definition) is 3. The Labute approximate surface area is 147 Å². The molecular weight excluding hydrogens is 348 g/mol. The van der Waals surface area contributed by atoms with Crippen LogP contribution in [0.5, 0.6) is 0 Å². The van der Waals surface area contributed by atoms with E-state index in [2.05, 4.69) is 5.32 Å². The topological polar surface area (TPSA) is 66.5 Å². The molecular formula is C17H19ClN2O3S. The lowest BCUT2D eigenvalue weighted by molar-refractivity contribution is 0.0955. The van der Waals surface area contributed by atoms with Gasteiger partial charge in [0.15, 0.2) is 0 Å². The highest BCUT2D eigenvalue weighted by molar-refractivity contribution is 7.92. The average molecular weight is 367 g/mol. The maximum atomic E-state index is 12.7. The molecule has 0 aliphatic rings. The number of anilines is 1. The molecule has 2 aromatic carbocycles. The fourth-order valence-electron chi connectivity index (χ4n) is 2.31. The van der Waals surface area contributed by atoms with Gasteiger partial charge in [0, 0.05) is 24.2 Å². The zero-order chi connectivity index (χ0) is 17.9. The number of nitrogens with zero attached hydrogens (tertiary/aromatic N) is 1. The largest absolute Gasteiger partial charge is 0.352 e. The molecule has 0 saturated heterocycles. The molecule has 0 bridgehead atoms. The molecule has 128 valence electrons. The molecule has 5 nitrogen and oxygen atoms in total. The van der Waals surface area contributed by atoms with Crippen molar-refractivity contribution in [2.75, 3.05) is 17.9 Å². The van der Waals surface area contributed by atoms with Crippen molar-refractivity contribution in [3.63, 3.8) is 0 Å². The van der Waals surface area contributed by atoms with E-state index < -0.39 is 10.0 Å². The summed E-state index contributed by atoms with van der Waals surface area (Å²) in [5.74, 6) is -0.185. The van der Waals surface area contributed by atoms with Crippen molar-refractivity contribution in [2.45, 2.75) is 18.7 Å². The van der Waals surface area contributed by atoms with Crippen LogP contribution >= 0.6 is 11.6 Å². The van der Waals surface area contributed by atoms with E-state index in [4.69, 9.17) is 11.6 Å². The Bertz CT molecular complexity index is 849. The van der Waals surface area contributed by atoms with Crippen molar-refractivity contribution in [2.24, 2.45) is 0 Å². The number of amides is 1. The molecule has 0 heterocycles. The minimum Gasteiger partial charge on any atom is -0.352 e. The van der Waals surface area contributed by atoms with Gasteiger partial charge in [-0.25, -0.2) is 8.42 Å². The zero-order valence-corrected chi connectivity index (χ0v) is 15.3. The second-order valence-corrected chi connectivity index (χ2v) is 7.69. The first-order valence-corrected chi connectivity index (χ1v) is 9.22. The van der Waals surface area contributed by atoms with Gasteiger partial charge in [0.2, 0.25) is 0 Å². The third kappa shape index (κ3) is 3.71. The molecule has 2 aromatic rings. The van der Waals surface area contributed by atoms with Crippen LogP contribution in [-0.2, 0) is 10.0 Å². The van der Waals surface area contributed by atoms with Crippen molar-refractivity contribution in [1.82, 2.24) is 5.32 Å². The van der Waals surface area contributed by atoms with Gasteiger partial charge in [0.1, 0.15) is 0 Å². The van der Waals surface area contributed by atoms with Crippen LogP contribution in [0.1, 0.15) is 22.8 Å². The maximum absolute atomic E-state index is 12.7. The lowest BCUT2D eigenvalue weighted by Crippen LogP contribution is -2.27. The van der Waals surface area contributed by atoms with Gasteiger partial charge < -0.3 is 5.32 Å². The number of halogens is 1. The molecule has 1 amide bonds. The standard InChI is InChI=1S/C17H19ClN2O3S/c1-4-19-17(21)13-5-10-16(12(2)11-13)20(3)24(22,23)15-8-6-14(18)7-9-15/h5-11H,4H2,1-3H3,(H,19,21). The minimum absolute atomic E-state index is 0.154. The van der Waals surface area contributed by atoms with Crippen molar-refractivity contribution in [1.29, 1.82) is 0 Å². The molecule has 0 saturated carbocycles. The summed E-state index contributed by atoms with van der Waals surface area (Å²) >= 11 is 5.81. The second kappa shape index (κ2) is 7.23. The fourth-order valence-corrected chi connectivity index (χ4v) is 3.69. The number of carbonyl (C=O) groups is 1. The van der Waals surface area contributed by atoms with E-state index in [1.54, 1.807) is 25.1 Å². The Morgan fingerprint density at radius 2 is 1.79 bits per heavy atom. The van der Waals surface area contributed by atoms with E-state index in [0.29, 0.717) is 28.4 Å². The highest BCUT2D eigenvalue weighted by atomic mass is 35.5. The van der Waals surface area contributed by atoms with E-state index in [-0.39, 0.29) is 10.8 Å². The number of rotatable bonds is 5. The summed E-state index contributed by atoms with van der Waals surface area (Å²) < 4.78 is 26.6. The fraction of sp³-hybridized carbons (Fsp3) is 0.235. The highest BCUT2D eigenvalue weighted by Crippen LogP contribution is 2.26. The van der Waals surface area contributed by atoms with Crippen molar-refractivity contribution in [3.8, 4) is 0 Å². The number of carbonyl (C=O) groups excluding carboxylic acids is 1. The Kier molecular flexibility index (Phi) is 5.51. The molecule has 0 aliphatic carbocycles. The quantitative estimate of drug-likeness (QED) is 0.883. The Morgan fingerprint density at radius 3 is 2.33 bits per heavy atom. The van der Waals surface area contributed by atoms with Gasteiger partial charge >= 0.3 is 0 Å². The number of hydrogen-bond donors (Lipinski definition) is 1. The first kappa shape index (κ1) is 18.3. The molecule has 2 rings (SSSR count). The summed E-state index contributed by atoms with van der Waals surface area (Å²) in [7, 11) is -2.22. The van der Waals surface area contributed by atoms with Crippen LogP contribution in [-0.4, -0.2) is 27.9 Å². The van der Waals surface area contributed by atoms with E-state index >= 15 is 0 Å². The predicted molar refractivity (Wildman–Crippen MR) is 96.2 cm³/mol. The lowest BCUT2D eigenvalue weighted by Gasteiger charge is -2.22. The van der Waals surface area contributed by atoms with Crippen LogP contribution in [0.2, 0.25) is 5.02 Å². The summed E-state index contributed by atoms with van der Waals surface area (Å²) in [4.78, 5) is 12.0. The number of benzene rings is 2. The number of aryl methyl sites for hydroxylation is 1. The van der Waals surface area contributed by atoms with Gasteiger partial charge in [-0.15, -0.1) is 0 Å². The van der Waals surface area contributed by atoms with Crippen LogP contribution < -0.4 is 9.62 Å². The van der Waals surface area contributed by atoms with E-state index in [9.17, 15) is 13.2 Å². The van der Waals surface area contributed by atoms with E-state index in [1.165, 1.54) is 35.6 Å². The molecule has 0 aliphatic heterocycles. The summed E-state index contributed by atoms with van der Waals surface area (Å²) in [5.41, 5.74) is 1.70. The molecule has 1 N–H and O–H groups in total. The maximum Gasteiger partial charge on any atom is 0.264 e. The van der Waals surface area contributed by atoms with Gasteiger partial charge in [-0.1, -0.05) is 11.6 Å². The Morgan fingerprint density at radius 1 is 1.17 bits per heavy atom. The summed E-state index contributed by atoms with van der Waals surface area (Å²) in [5, 5.41) is 3.19. The van der Waals surface area contributed by atoms with E-state index in [1.807, 2.05) is 6.92 Å². The third-order valence-corrected chi connectivity index (χ3v) is 5.65. The van der Waals surface area contributed by atoms with Crippen LogP contribution in [0, 0.1) is 6.92 Å². The Balaban J connectivity index is 2.37. The van der Waals surface area contributed by atoms with Crippen LogP contribution in [0.25, 0.3) is 0 Å². The van der Waals surface area contributed by atoms with Gasteiger partial charge in [0.25, 0.3) is 15.9 Å². The van der Waals surface area contributed by atoms with Crippen molar-refractivity contribution < 1.29 is 13.2 Å². The Hall–Kier alpha value is -2.05. The van der Waals surface area contributed by atoms with Gasteiger partial charge in [0.05, 0.1) is 10.6 Å². The van der Waals surface area contributed by atoms with Gasteiger partial charge in [-0.05, 0) is 61.9 Å². The van der Waals surface area contributed by atoms with Crippen molar-refractivity contribution >= 4 is 33.2 Å². The smallest absolute Gasteiger partial charge is 0.264 e. The first-order chi connectivity index (χ1) is 11.3. The normalized spacial score (nSPS) is 11.2. The molecule has 0 radical (unpaired) electrons. The summed E-state index contributed by atoms with van der Waals surface area (Å²) in [6.07, 6.45) is 0. The molecule has 0 fully saturated rings. The summed E-state index contributed by atoms with van der Waals surface area (Å²) in [6.45, 7) is 4.14. The third-order valence-electron chi connectivity index (χ3n) is 3.61. The molecule has 24 heavy (non-hydrogen) atoms.